The Hall–Kier alpha value is -1.59. The minimum absolute atomic E-state index is 0.340. The van der Waals surface area contributed by atoms with Gasteiger partial charge in [0.1, 0.15) is 0 Å². The van der Waals surface area contributed by atoms with Crippen molar-refractivity contribution in [3.8, 4) is 6.01 Å². The van der Waals surface area contributed by atoms with Crippen molar-refractivity contribution in [2.45, 2.75) is 46.0 Å². The average molecular weight is 279 g/mol. The summed E-state index contributed by atoms with van der Waals surface area (Å²) in [5.41, 5.74) is 0.344. The molecule has 6 heteroatoms. The quantitative estimate of drug-likeness (QED) is 0.834. The minimum atomic E-state index is 0.340. The molecular weight excluding hydrogens is 254 g/mol. The van der Waals surface area contributed by atoms with Crippen LogP contribution in [0.4, 0.5) is 11.9 Å². The molecule has 1 aromatic rings. The first-order valence-corrected chi connectivity index (χ1v) is 7.43. The number of hydrogen-bond donors (Lipinski definition) is 2. The normalized spacial score (nSPS) is 17.6. The predicted octanol–water partition coefficient (Wildman–Crippen LogP) is 2.69. The zero-order valence-electron chi connectivity index (χ0n) is 12.7. The third-order valence-electron chi connectivity index (χ3n) is 3.87. The lowest BCUT2D eigenvalue weighted by Crippen LogP contribution is -2.29. The lowest BCUT2D eigenvalue weighted by molar-refractivity contribution is 0.233. The first-order chi connectivity index (χ1) is 9.65. The van der Waals surface area contributed by atoms with Crippen LogP contribution in [0.1, 0.15) is 46.0 Å². The number of aromatic nitrogens is 3. The molecule has 0 atom stereocenters. The van der Waals surface area contributed by atoms with Crippen LogP contribution in [0, 0.1) is 5.41 Å². The Morgan fingerprint density at radius 1 is 1.05 bits per heavy atom. The van der Waals surface area contributed by atoms with Crippen LogP contribution in [-0.2, 0) is 0 Å². The summed E-state index contributed by atoms with van der Waals surface area (Å²) < 4.78 is 5.12. The van der Waals surface area contributed by atoms with E-state index in [0.717, 1.165) is 13.1 Å². The standard InChI is InChI=1S/C14H25N5O/c1-4-15-11-17-12(19-13(18-11)20-3)16-10-14(2)8-6-5-7-9-14/h4-10H2,1-3H3,(H2,15,16,17,18,19). The van der Waals surface area contributed by atoms with Crippen molar-refractivity contribution < 1.29 is 4.74 Å². The molecule has 0 saturated heterocycles. The first-order valence-electron chi connectivity index (χ1n) is 7.43. The van der Waals surface area contributed by atoms with Crippen molar-refractivity contribution in [2.75, 3.05) is 30.8 Å². The minimum Gasteiger partial charge on any atom is -0.467 e. The van der Waals surface area contributed by atoms with Crippen LogP contribution in [0.3, 0.4) is 0 Å². The van der Waals surface area contributed by atoms with Crippen LogP contribution in [0.5, 0.6) is 6.01 Å². The molecule has 1 aromatic heterocycles. The Bertz CT molecular complexity index is 432. The first kappa shape index (κ1) is 14.8. The van der Waals surface area contributed by atoms with E-state index in [9.17, 15) is 0 Å². The maximum Gasteiger partial charge on any atom is 0.322 e. The van der Waals surface area contributed by atoms with E-state index in [1.165, 1.54) is 32.1 Å². The monoisotopic (exact) mass is 279 g/mol. The highest BCUT2D eigenvalue weighted by atomic mass is 16.5. The van der Waals surface area contributed by atoms with Crippen molar-refractivity contribution in [1.29, 1.82) is 0 Å². The highest BCUT2D eigenvalue weighted by molar-refractivity contribution is 5.35. The van der Waals surface area contributed by atoms with E-state index >= 15 is 0 Å². The molecule has 1 aliphatic carbocycles. The number of nitrogens with one attached hydrogen (secondary N) is 2. The zero-order valence-corrected chi connectivity index (χ0v) is 12.7. The average Bonchev–Trinajstić information content (AvgIpc) is 2.46. The van der Waals surface area contributed by atoms with Gasteiger partial charge in [0.15, 0.2) is 0 Å². The van der Waals surface area contributed by atoms with Crippen LogP contribution < -0.4 is 15.4 Å². The molecule has 0 unspecified atom stereocenters. The summed E-state index contributed by atoms with van der Waals surface area (Å²) in [7, 11) is 1.57. The molecule has 6 nitrogen and oxygen atoms in total. The molecule has 0 aromatic carbocycles. The number of methoxy groups -OCH3 is 1. The van der Waals surface area contributed by atoms with Gasteiger partial charge in [0.25, 0.3) is 0 Å². The Morgan fingerprint density at radius 3 is 2.30 bits per heavy atom. The zero-order chi connectivity index (χ0) is 14.4. The molecule has 0 aliphatic heterocycles. The summed E-state index contributed by atoms with van der Waals surface area (Å²) in [6, 6.07) is 0.340. The van der Waals surface area contributed by atoms with Crippen LogP contribution in [0.2, 0.25) is 0 Å². The van der Waals surface area contributed by atoms with Gasteiger partial charge in [-0.25, -0.2) is 0 Å². The van der Waals surface area contributed by atoms with Crippen molar-refractivity contribution >= 4 is 11.9 Å². The van der Waals surface area contributed by atoms with Gasteiger partial charge >= 0.3 is 6.01 Å². The van der Waals surface area contributed by atoms with Crippen LogP contribution in [-0.4, -0.2) is 35.2 Å². The van der Waals surface area contributed by atoms with Crippen molar-refractivity contribution in [3.05, 3.63) is 0 Å². The van der Waals surface area contributed by atoms with Gasteiger partial charge in [-0.2, -0.15) is 15.0 Å². The van der Waals surface area contributed by atoms with Gasteiger partial charge in [-0.1, -0.05) is 26.2 Å². The van der Waals surface area contributed by atoms with Crippen LogP contribution in [0.15, 0.2) is 0 Å². The topological polar surface area (TPSA) is 72.0 Å². The van der Waals surface area contributed by atoms with Gasteiger partial charge in [0.2, 0.25) is 11.9 Å². The number of ether oxygens (including phenoxy) is 1. The summed E-state index contributed by atoms with van der Waals surface area (Å²) >= 11 is 0. The molecule has 1 fully saturated rings. The molecule has 0 radical (unpaired) electrons. The Kier molecular flexibility index (Phi) is 4.98. The molecule has 1 heterocycles. The Labute approximate surface area is 120 Å². The second-order valence-corrected chi connectivity index (χ2v) is 5.72. The van der Waals surface area contributed by atoms with E-state index in [0.29, 0.717) is 23.3 Å². The maximum atomic E-state index is 5.12. The molecule has 0 spiro atoms. The van der Waals surface area contributed by atoms with Gasteiger partial charge < -0.3 is 15.4 Å². The van der Waals surface area contributed by atoms with Gasteiger partial charge in [0.05, 0.1) is 7.11 Å². The summed E-state index contributed by atoms with van der Waals surface area (Å²) in [6.07, 6.45) is 6.53. The van der Waals surface area contributed by atoms with Gasteiger partial charge in [-0.3, -0.25) is 0 Å². The highest BCUT2D eigenvalue weighted by Gasteiger charge is 2.26. The SMILES string of the molecule is CCNc1nc(NCC2(C)CCCCC2)nc(OC)n1. The fraction of sp³-hybridized carbons (Fsp3) is 0.786. The van der Waals surface area contributed by atoms with E-state index in [2.05, 4.69) is 32.5 Å². The molecule has 0 bridgehead atoms. The smallest absolute Gasteiger partial charge is 0.322 e. The molecule has 20 heavy (non-hydrogen) atoms. The molecule has 1 aliphatic rings. The lowest BCUT2D eigenvalue weighted by atomic mass is 9.76. The van der Waals surface area contributed by atoms with E-state index in [1.807, 2.05) is 6.92 Å². The Morgan fingerprint density at radius 2 is 1.70 bits per heavy atom. The van der Waals surface area contributed by atoms with Crippen molar-refractivity contribution in [2.24, 2.45) is 5.41 Å². The van der Waals surface area contributed by atoms with Gasteiger partial charge in [0, 0.05) is 13.1 Å². The largest absolute Gasteiger partial charge is 0.467 e. The summed E-state index contributed by atoms with van der Waals surface area (Å²) in [5.74, 6) is 1.13. The fourth-order valence-electron chi connectivity index (χ4n) is 2.64. The maximum absolute atomic E-state index is 5.12. The molecule has 2 N–H and O–H groups in total. The molecular formula is C14H25N5O. The Balaban J connectivity index is 2.02. The van der Waals surface area contributed by atoms with Crippen LogP contribution in [0.25, 0.3) is 0 Å². The number of anilines is 2. The summed E-state index contributed by atoms with van der Waals surface area (Å²) in [6.45, 7) is 6.01. The van der Waals surface area contributed by atoms with E-state index in [4.69, 9.17) is 4.74 Å². The highest BCUT2D eigenvalue weighted by Crippen LogP contribution is 2.35. The van der Waals surface area contributed by atoms with E-state index in [-0.39, 0.29) is 0 Å². The third-order valence-corrected chi connectivity index (χ3v) is 3.87. The number of rotatable bonds is 6. The number of hydrogen-bond acceptors (Lipinski definition) is 6. The second-order valence-electron chi connectivity index (χ2n) is 5.72. The molecule has 112 valence electrons. The van der Waals surface area contributed by atoms with Crippen molar-refractivity contribution in [1.82, 2.24) is 15.0 Å². The molecule has 0 amide bonds. The lowest BCUT2D eigenvalue weighted by Gasteiger charge is -2.33. The molecule has 2 rings (SSSR count). The summed E-state index contributed by atoms with van der Waals surface area (Å²) in [5, 5.41) is 6.43. The van der Waals surface area contributed by atoms with E-state index < -0.39 is 0 Å². The predicted molar refractivity (Wildman–Crippen MR) is 80.2 cm³/mol. The number of nitrogens with zero attached hydrogens (tertiary/aromatic N) is 3. The van der Waals surface area contributed by atoms with Gasteiger partial charge in [-0.05, 0) is 25.2 Å². The third kappa shape index (κ3) is 3.95. The van der Waals surface area contributed by atoms with E-state index in [1.54, 1.807) is 7.11 Å². The van der Waals surface area contributed by atoms with Gasteiger partial charge in [-0.15, -0.1) is 0 Å². The fourth-order valence-corrected chi connectivity index (χ4v) is 2.64. The van der Waals surface area contributed by atoms with Crippen molar-refractivity contribution in [3.63, 3.8) is 0 Å². The van der Waals surface area contributed by atoms with Crippen LogP contribution >= 0.6 is 0 Å². The second kappa shape index (κ2) is 6.72. The molecule has 1 saturated carbocycles. The summed E-state index contributed by atoms with van der Waals surface area (Å²) in [4.78, 5) is 12.8.